The summed E-state index contributed by atoms with van der Waals surface area (Å²) in [6.45, 7) is 4.18. The predicted octanol–water partition coefficient (Wildman–Crippen LogP) is 4.86. The van der Waals surface area contributed by atoms with Crippen LogP contribution in [0.5, 0.6) is 0 Å². The van der Waals surface area contributed by atoms with E-state index in [2.05, 4.69) is 45.4 Å². The number of pyridine rings is 1. The van der Waals surface area contributed by atoms with Crippen molar-refractivity contribution < 1.29 is 9.59 Å². The Balaban J connectivity index is 1.99. The molecule has 0 aliphatic heterocycles. The van der Waals surface area contributed by atoms with Crippen LogP contribution in [-0.2, 0) is 4.79 Å². The lowest BCUT2D eigenvalue weighted by Gasteiger charge is -2.11. The van der Waals surface area contributed by atoms with Crippen molar-refractivity contribution in [1.29, 1.82) is 0 Å². The third-order valence-electron chi connectivity index (χ3n) is 3.69. The first-order chi connectivity index (χ1) is 12.0. The first-order valence-corrected chi connectivity index (χ1v) is 9.10. The number of nitrogens with one attached hydrogen (secondary N) is 2. The smallest absolute Gasteiger partial charge is 0.256 e. The second kappa shape index (κ2) is 9.32. The van der Waals surface area contributed by atoms with Gasteiger partial charge in [-0.2, -0.15) is 0 Å². The zero-order valence-corrected chi connectivity index (χ0v) is 16.0. The fraction of sp³-hybridized carbons (Fsp3) is 0.316. The number of carbonyl (C=O) groups is 2. The molecule has 1 aromatic carbocycles. The lowest BCUT2D eigenvalue weighted by Crippen LogP contribution is -2.16. The Hall–Kier alpha value is -2.21. The maximum absolute atomic E-state index is 12.3. The second-order valence-corrected chi connectivity index (χ2v) is 6.96. The van der Waals surface area contributed by atoms with Crippen molar-refractivity contribution in [3.05, 3.63) is 52.6 Å². The van der Waals surface area contributed by atoms with Crippen LogP contribution in [0.15, 0.2) is 47.1 Å². The van der Waals surface area contributed by atoms with Gasteiger partial charge >= 0.3 is 0 Å². The average Bonchev–Trinajstić information content (AvgIpc) is 2.57. The summed E-state index contributed by atoms with van der Waals surface area (Å²) >= 11 is 3.30. The SMILES string of the molecule is CCCC(C)CC(=O)Nc1cccc(C(=O)Nc2ccc(Br)cn2)c1. The van der Waals surface area contributed by atoms with Gasteiger partial charge in [0.05, 0.1) is 0 Å². The summed E-state index contributed by atoms with van der Waals surface area (Å²) in [5.74, 6) is 0.509. The highest BCUT2D eigenvalue weighted by Crippen LogP contribution is 2.16. The number of aromatic nitrogens is 1. The van der Waals surface area contributed by atoms with Crippen molar-refractivity contribution in [2.45, 2.75) is 33.1 Å². The molecule has 0 fully saturated rings. The summed E-state index contributed by atoms with van der Waals surface area (Å²) in [5.41, 5.74) is 1.08. The molecule has 25 heavy (non-hydrogen) atoms. The van der Waals surface area contributed by atoms with Crippen LogP contribution in [0.4, 0.5) is 11.5 Å². The summed E-state index contributed by atoms with van der Waals surface area (Å²) in [6.07, 6.45) is 4.18. The first-order valence-electron chi connectivity index (χ1n) is 8.30. The van der Waals surface area contributed by atoms with E-state index in [0.717, 1.165) is 17.3 Å². The molecule has 0 radical (unpaired) electrons. The summed E-state index contributed by atoms with van der Waals surface area (Å²) < 4.78 is 0.840. The third-order valence-corrected chi connectivity index (χ3v) is 4.16. The van der Waals surface area contributed by atoms with Crippen molar-refractivity contribution in [3.63, 3.8) is 0 Å². The molecule has 2 amide bonds. The zero-order valence-electron chi connectivity index (χ0n) is 14.4. The Bertz CT molecular complexity index is 732. The number of rotatable bonds is 7. The van der Waals surface area contributed by atoms with E-state index in [0.29, 0.717) is 29.4 Å². The molecule has 1 aromatic heterocycles. The molecular formula is C19H22BrN3O2. The molecule has 2 N–H and O–H groups in total. The molecule has 0 aliphatic rings. The average molecular weight is 404 g/mol. The molecule has 0 aliphatic carbocycles. The number of amides is 2. The van der Waals surface area contributed by atoms with Gasteiger partial charge in [0.15, 0.2) is 0 Å². The summed E-state index contributed by atoms with van der Waals surface area (Å²) in [6, 6.07) is 10.4. The Labute approximate surface area is 156 Å². The van der Waals surface area contributed by atoms with Gasteiger partial charge in [-0.1, -0.05) is 32.8 Å². The number of anilines is 2. The predicted molar refractivity (Wildman–Crippen MR) is 104 cm³/mol. The van der Waals surface area contributed by atoms with E-state index >= 15 is 0 Å². The molecule has 0 saturated heterocycles. The molecule has 2 rings (SSSR count). The van der Waals surface area contributed by atoms with Crippen LogP contribution < -0.4 is 10.6 Å². The number of hydrogen-bond donors (Lipinski definition) is 2. The zero-order chi connectivity index (χ0) is 18.2. The molecule has 6 heteroatoms. The third kappa shape index (κ3) is 6.31. The molecule has 5 nitrogen and oxygen atoms in total. The summed E-state index contributed by atoms with van der Waals surface area (Å²) in [5, 5.41) is 5.59. The minimum absolute atomic E-state index is 0.0342. The second-order valence-electron chi connectivity index (χ2n) is 6.04. The van der Waals surface area contributed by atoms with Crippen LogP contribution in [0.2, 0.25) is 0 Å². The lowest BCUT2D eigenvalue weighted by molar-refractivity contribution is -0.117. The monoisotopic (exact) mass is 403 g/mol. The molecule has 1 atom stereocenters. The molecule has 0 saturated carbocycles. The van der Waals surface area contributed by atoms with Gasteiger partial charge in [0.25, 0.3) is 5.91 Å². The van der Waals surface area contributed by atoms with E-state index in [1.54, 1.807) is 42.6 Å². The molecule has 132 valence electrons. The highest BCUT2D eigenvalue weighted by molar-refractivity contribution is 9.10. The van der Waals surface area contributed by atoms with E-state index in [1.807, 2.05) is 0 Å². The van der Waals surface area contributed by atoms with Crippen LogP contribution in [0, 0.1) is 5.92 Å². The van der Waals surface area contributed by atoms with E-state index in [9.17, 15) is 9.59 Å². The highest BCUT2D eigenvalue weighted by atomic mass is 79.9. The Morgan fingerprint density at radius 3 is 2.68 bits per heavy atom. The van der Waals surface area contributed by atoms with Crippen LogP contribution in [-0.4, -0.2) is 16.8 Å². The minimum atomic E-state index is -0.273. The maximum Gasteiger partial charge on any atom is 0.256 e. The van der Waals surface area contributed by atoms with Crippen molar-refractivity contribution in [2.24, 2.45) is 5.92 Å². The van der Waals surface area contributed by atoms with Gasteiger partial charge in [-0.25, -0.2) is 4.98 Å². The van der Waals surface area contributed by atoms with E-state index in [-0.39, 0.29) is 11.8 Å². The summed E-state index contributed by atoms with van der Waals surface area (Å²) in [7, 11) is 0. The maximum atomic E-state index is 12.3. The van der Waals surface area contributed by atoms with E-state index in [4.69, 9.17) is 0 Å². The quantitative estimate of drug-likeness (QED) is 0.692. The van der Waals surface area contributed by atoms with Gasteiger partial charge in [0.1, 0.15) is 5.82 Å². The van der Waals surface area contributed by atoms with Crippen molar-refractivity contribution in [3.8, 4) is 0 Å². The van der Waals surface area contributed by atoms with Crippen LogP contribution in [0.1, 0.15) is 43.5 Å². The molecule has 1 heterocycles. The van der Waals surface area contributed by atoms with Gasteiger partial charge in [0, 0.05) is 28.3 Å². The number of nitrogens with zero attached hydrogens (tertiary/aromatic N) is 1. The van der Waals surface area contributed by atoms with Gasteiger partial charge in [0.2, 0.25) is 5.91 Å². The Morgan fingerprint density at radius 2 is 2.00 bits per heavy atom. The molecule has 1 unspecified atom stereocenters. The van der Waals surface area contributed by atoms with Crippen molar-refractivity contribution >= 4 is 39.2 Å². The topological polar surface area (TPSA) is 71.1 Å². The fourth-order valence-electron chi connectivity index (χ4n) is 2.50. The van der Waals surface area contributed by atoms with E-state index in [1.165, 1.54) is 0 Å². The van der Waals surface area contributed by atoms with Crippen molar-refractivity contribution in [1.82, 2.24) is 4.98 Å². The van der Waals surface area contributed by atoms with Crippen molar-refractivity contribution in [2.75, 3.05) is 10.6 Å². The minimum Gasteiger partial charge on any atom is -0.326 e. The van der Waals surface area contributed by atoms with Gasteiger partial charge < -0.3 is 10.6 Å². The standard InChI is InChI=1S/C19H22BrN3O2/c1-3-5-13(2)10-18(24)22-16-7-4-6-14(11-16)19(25)23-17-9-8-15(20)12-21-17/h4,6-9,11-13H,3,5,10H2,1-2H3,(H,22,24)(H,21,23,25). The van der Waals surface area contributed by atoms with Gasteiger partial charge in [-0.3, -0.25) is 9.59 Å². The van der Waals surface area contributed by atoms with E-state index < -0.39 is 0 Å². The number of benzene rings is 1. The molecule has 2 aromatic rings. The van der Waals surface area contributed by atoms with Gasteiger partial charge in [-0.15, -0.1) is 0 Å². The van der Waals surface area contributed by atoms with Crippen LogP contribution >= 0.6 is 15.9 Å². The largest absolute Gasteiger partial charge is 0.326 e. The first kappa shape index (κ1) is 19.1. The molecule has 0 spiro atoms. The van der Waals surface area contributed by atoms with Crippen LogP contribution in [0.3, 0.4) is 0 Å². The molecule has 0 bridgehead atoms. The number of hydrogen-bond acceptors (Lipinski definition) is 3. The Kier molecular flexibility index (Phi) is 7.13. The summed E-state index contributed by atoms with van der Waals surface area (Å²) in [4.78, 5) is 28.5. The van der Waals surface area contributed by atoms with Gasteiger partial charge in [-0.05, 0) is 52.2 Å². The van der Waals surface area contributed by atoms with Crippen LogP contribution in [0.25, 0.3) is 0 Å². The molecular weight excluding hydrogens is 382 g/mol. The fourth-order valence-corrected chi connectivity index (χ4v) is 2.73. The lowest BCUT2D eigenvalue weighted by atomic mass is 10.0. The Morgan fingerprint density at radius 1 is 1.20 bits per heavy atom. The number of carbonyl (C=O) groups excluding carboxylic acids is 2. The normalized spacial score (nSPS) is 11.6. The number of halogens is 1. The highest BCUT2D eigenvalue weighted by Gasteiger charge is 2.11.